The van der Waals surface area contributed by atoms with Crippen LogP contribution in [0.4, 0.5) is 22.0 Å². The smallest absolute Gasteiger partial charge is 0.337 e. The highest BCUT2D eigenvalue weighted by Gasteiger charge is 2.36. The molecular formula is C20H14F5N3O2. The Morgan fingerprint density at radius 3 is 2.53 bits per heavy atom. The van der Waals surface area contributed by atoms with Gasteiger partial charge in [-0.05, 0) is 36.2 Å². The van der Waals surface area contributed by atoms with Gasteiger partial charge in [0.2, 0.25) is 17.6 Å². The Hall–Kier alpha value is -3.30. The topological polar surface area (TPSA) is 59.2 Å². The number of alkyl halides is 3. The highest BCUT2D eigenvalue weighted by atomic mass is 19.4. The van der Waals surface area contributed by atoms with E-state index in [1.807, 2.05) is 0 Å². The summed E-state index contributed by atoms with van der Waals surface area (Å²) in [5.41, 5.74) is -0.481. The molecule has 0 N–H and O–H groups in total. The third-order valence-electron chi connectivity index (χ3n) is 4.78. The van der Waals surface area contributed by atoms with Crippen LogP contribution >= 0.6 is 0 Å². The maximum absolute atomic E-state index is 13.5. The van der Waals surface area contributed by atoms with Crippen LogP contribution in [0.5, 0.6) is 0 Å². The zero-order valence-electron chi connectivity index (χ0n) is 15.3. The third-order valence-corrected chi connectivity index (χ3v) is 4.78. The molecule has 1 atom stereocenters. The monoisotopic (exact) mass is 423 g/mol. The summed E-state index contributed by atoms with van der Waals surface area (Å²) in [6.45, 7) is -0.0700. The number of carbonyl (C=O) groups is 1. The number of hydrogen-bond donors (Lipinski definition) is 0. The molecule has 0 saturated carbocycles. The molecule has 1 saturated heterocycles. The number of likely N-dealkylation sites (tertiary alicyclic amines) is 1. The highest BCUT2D eigenvalue weighted by molar-refractivity contribution is 5.78. The molecule has 1 aromatic heterocycles. The van der Waals surface area contributed by atoms with Crippen LogP contribution in [0.1, 0.15) is 35.9 Å². The van der Waals surface area contributed by atoms with Crippen molar-refractivity contribution in [2.24, 2.45) is 0 Å². The fourth-order valence-corrected chi connectivity index (χ4v) is 3.41. The van der Waals surface area contributed by atoms with E-state index in [9.17, 15) is 26.7 Å². The molecule has 156 valence electrons. The minimum atomic E-state index is -4.52. The quantitative estimate of drug-likeness (QED) is 0.561. The first kappa shape index (κ1) is 20.0. The van der Waals surface area contributed by atoms with Gasteiger partial charge in [-0.1, -0.05) is 17.3 Å². The Bertz CT molecular complexity index is 1080. The number of benzene rings is 2. The summed E-state index contributed by atoms with van der Waals surface area (Å²) in [4.78, 5) is 17.8. The minimum absolute atomic E-state index is 0.0464. The second-order valence-corrected chi connectivity index (χ2v) is 6.89. The van der Waals surface area contributed by atoms with E-state index in [-0.39, 0.29) is 41.7 Å². The van der Waals surface area contributed by atoms with E-state index >= 15 is 0 Å². The van der Waals surface area contributed by atoms with Crippen molar-refractivity contribution >= 4 is 5.91 Å². The van der Waals surface area contributed by atoms with Gasteiger partial charge in [-0.2, -0.15) is 18.2 Å². The van der Waals surface area contributed by atoms with Crippen LogP contribution in [-0.2, 0) is 17.5 Å². The second-order valence-electron chi connectivity index (χ2n) is 6.89. The summed E-state index contributed by atoms with van der Waals surface area (Å²) in [6.07, 6.45) is -4.01. The van der Waals surface area contributed by atoms with Crippen LogP contribution in [0.25, 0.3) is 11.4 Å². The number of nitrogens with zero attached hydrogens (tertiary/aromatic N) is 3. The predicted molar refractivity (Wildman–Crippen MR) is 93.6 cm³/mol. The van der Waals surface area contributed by atoms with E-state index in [1.54, 1.807) is 0 Å². The van der Waals surface area contributed by atoms with Crippen molar-refractivity contribution in [1.82, 2.24) is 15.0 Å². The molecule has 0 aliphatic carbocycles. The van der Waals surface area contributed by atoms with Crippen molar-refractivity contribution in [3.05, 3.63) is 71.1 Å². The number of aromatic nitrogens is 2. The maximum Gasteiger partial charge on any atom is 0.416 e. The van der Waals surface area contributed by atoms with Gasteiger partial charge in [-0.3, -0.25) is 4.79 Å². The molecule has 2 heterocycles. The molecular weight excluding hydrogens is 409 g/mol. The SMILES string of the molecule is O=C1CCC(c2nc(-c3cccc(C(F)(F)F)c3)no2)N1Cc1cc(F)cc(F)c1. The molecule has 5 nitrogen and oxygen atoms in total. The standard InChI is InChI=1S/C20H14F5N3O2/c21-14-6-11(7-15(22)9-14)10-28-16(4-5-17(28)29)19-26-18(27-30-19)12-2-1-3-13(8-12)20(23,24)25/h1-3,6-9,16H,4-5,10H2. The number of rotatable bonds is 4. The van der Waals surface area contributed by atoms with E-state index in [0.717, 1.165) is 30.3 Å². The van der Waals surface area contributed by atoms with Crippen LogP contribution in [-0.4, -0.2) is 20.9 Å². The number of hydrogen-bond acceptors (Lipinski definition) is 4. The molecule has 10 heteroatoms. The van der Waals surface area contributed by atoms with Gasteiger partial charge in [0.25, 0.3) is 0 Å². The molecule has 4 rings (SSSR count). The maximum atomic E-state index is 13.5. The molecule has 2 aromatic carbocycles. The summed E-state index contributed by atoms with van der Waals surface area (Å²) in [5.74, 6) is -1.79. The van der Waals surface area contributed by atoms with Crippen molar-refractivity contribution in [2.75, 3.05) is 0 Å². The molecule has 0 bridgehead atoms. The van der Waals surface area contributed by atoms with Gasteiger partial charge in [0, 0.05) is 24.6 Å². The van der Waals surface area contributed by atoms with Crippen molar-refractivity contribution < 1.29 is 31.3 Å². The van der Waals surface area contributed by atoms with E-state index < -0.39 is 29.4 Å². The molecule has 1 aliphatic rings. The average Bonchev–Trinajstić information content (AvgIpc) is 3.28. The van der Waals surface area contributed by atoms with Crippen LogP contribution in [0.2, 0.25) is 0 Å². The number of carbonyl (C=O) groups excluding carboxylic acids is 1. The molecule has 1 aliphatic heterocycles. The number of amides is 1. The van der Waals surface area contributed by atoms with E-state index in [1.165, 1.54) is 17.0 Å². The first-order valence-electron chi connectivity index (χ1n) is 8.96. The molecule has 0 radical (unpaired) electrons. The predicted octanol–water partition coefficient (Wildman–Crippen LogP) is 4.90. The Balaban J connectivity index is 1.60. The van der Waals surface area contributed by atoms with Gasteiger partial charge in [0.1, 0.15) is 17.7 Å². The van der Waals surface area contributed by atoms with Crippen molar-refractivity contribution in [2.45, 2.75) is 31.6 Å². The molecule has 1 fully saturated rings. The van der Waals surface area contributed by atoms with Crippen molar-refractivity contribution in [3.63, 3.8) is 0 Å². The van der Waals surface area contributed by atoms with Gasteiger partial charge in [-0.25, -0.2) is 8.78 Å². The summed E-state index contributed by atoms with van der Waals surface area (Å²) in [5, 5.41) is 3.74. The van der Waals surface area contributed by atoms with Crippen LogP contribution in [0, 0.1) is 11.6 Å². The largest absolute Gasteiger partial charge is 0.416 e. The molecule has 3 aromatic rings. The molecule has 1 amide bonds. The first-order chi connectivity index (χ1) is 14.2. The minimum Gasteiger partial charge on any atom is -0.337 e. The van der Waals surface area contributed by atoms with E-state index in [4.69, 9.17) is 4.52 Å². The van der Waals surface area contributed by atoms with E-state index in [0.29, 0.717) is 6.42 Å². The molecule has 30 heavy (non-hydrogen) atoms. The molecule has 1 unspecified atom stereocenters. The zero-order chi connectivity index (χ0) is 21.5. The van der Waals surface area contributed by atoms with Crippen molar-refractivity contribution in [3.8, 4) is 11.4 Å². The Labute approximate surface area is 167 Å². The van der Waals surface area contributed by atoms with Crippen LogP contribution in [0.15, 0.2) is 47.0 Å². The fourth-order valence-electron chi connectivity index (χ4n) is 3.41. The lowest BCUT2D eigenvalue weighted by atomic mass is 10.1. The van der Waals surface area contributed by atoms with Gasteiger partial charge < -0.3 is 9.42 Å². The van der Waals surface area contributed by atoms with Crippen LogP contribution in [0.3, 0.4) is 0 Å². The summed E-state index contributed by atoms with van der Waals surface area (Å²) in [7, 11) is 0. The lowest BCUT2D eigenvalue weighted by molar-refractivity contribution is -0.137. The zero-order valence-corrected chi connectivity index (χ0v) is 15.3. The fraction of sp³-hybridized carbons (Fsp3) is 0.250. The Kier molecular flexibility index (Phi) is 5.00. The third kappa shape index (κ3) is 4.03. The van der Waals surface area contributed by atoms with Gasteiger partial charge >= 0.3 is 6.18 Å². The lowest BCUT2D eigenvalue weighted by Gasteiger charge is -2.22. The van der Waals surface area contributed by atoms with Gasteiger partial charge in [0.15, 0.2) is 0 Å². The highest BCUT2D eigenvalue weighted by Crippen LogP contribution is 2.35. The average molecular weight is 423 g/mol. The Morgan fingerprint density at radius 2 is 1.83 bits per heavy atom. The Morgan fingerprint density at radius 1 is 1.10 bits per heavy atom. The van der Waals surface area contributed by atoms with Gasteiger partial charge in [0.05, 0.1) is 5.56 Å². The first-order valence-corrected chi connectivity index (χ1v) is 8.96. The molecule has 0 spiro atoms. The van der Waals surface area contributed by atoms with Gasteiger partial charge in [-0.15, -0.1) is 0 Å². The summed E-state index contributed by atoms with van der Waals surface area (Å²) >= 11 is 0. The second kappa shape index (κ2) is 7.51. The van der Waals surface area contributed by atoms with Crippen molar-refractivity contribution in [1.29, 1.82) is 0 Å². The van der Waals surface area contributed by atoms with Crippen LogP contribution < -0.4 is 0 Å². The number of halogens is 5. The normalized spacial score (nSPS) is 17.0. The summed E-state index contributed by atoms with van der Waals surface area (Å²) in [6, 6.07) is 6.81. The van der Waals surface area contributed by atoms with E-state index in [2.05, 4.69) is 10.1 Å². The summed E-state index contributed by atoms with van der Waals surface area (Å²) < 4.78 is 70.9. The lowest BCUT2D eigenvalue weighted by Crippen LogP contribution is -2.27.